The molecule has 1 amide bonds. The molecule has 3 atom stereocenters. The number of nitrogens with two attached hydrogens (primary N) is 1. The van der Waals surface area contributed by atoms with Crippen LogP contribution in [0.2, 0.25) is 0 Å². The van der Waals surface area contributed by atoms with Crippen LogP contribution < -0.4 is 5.73 Å². The topological polar surface area (TPSA) is 46.3 Å². The Bertz CT molecular complexity index is 218. The van der Waals surface area contributed by atoms with Crippen LogP contribution in [0.1, 0.15) is 46.5 Å². The minimum absolute atomic E-state index is 0.149. The van der Waals surface area contributed by atoms with Crippen molar-refractivity contribution in [2.45, 2.75) is 58.5 Å². The van der Waals surface area contributed by atoms with Crippen LogP contribution >= 0.6 is 0 Å². The van der Waals surface area contributed by atoms with Crippen LogP contribution in [0.5, 0.6) is 0 Å². The second-order valence-electron chi connectivity index (χ2n) is 4.79. The summed E-state index contributed by atoms with van der Waals surface area (Å²) in [4.78, 5) is 14.0. The first-order chi connectivity index (χ1) is 7.07. The van der Waals surface area contributed by atoms with Crippen molar-refractivity contribution in [3.8, 4) is 0 Å². The first kappa shape index (κ1) is 12.5. The lowest BCUT2D eigenvalue weighted by molar-refractivity contribution is -0.137. The van der Waals surface area contributed by atoms with E-state index in [4.69, 9.17) is 5.73 Å². The van der Waals surface area contributed by atoms with Gasteiger partial charge in [0.2, 0.25) is 5.91 Å². The molecule has 1 rings (SSSR count). The molecule has 1 saturated heterocycles. The average Bonchev–Trinajstić information content (AvgIpc) is 2.21. The van der Waals surface area contributed by atoms with Crippen molar-refractivity contribution in [1.82, 2.24) is 4.90 Å². The summed E-state index contributed by atoms with van der Waals surface area (Å²) >= 11 is 0. The molecule has 2 N–H and O–H groups in total. The number of carbonyl (C=O) groups excluding carboxylic acids is 1. The van der Waals surface area contributed by atoms with Crippen LogP contribution in [0.3, 0.4) is 0 Å². The second-order valence-corrected chi connectivity index (χ2v) is 4.79. The van der Waals surface area contributed by atoms with Crippen LogP contribution in [0.15, 0.2) is 0 Å². The molecular weight excluding hydrogens is 188 g/mol. The number of carbonyl (C=O) groups is 1. The Morgan fingerprint density at radius 3 is 2.80 bits per heavy atom. The Balaban J connectivity index is 2.57. The van der Waals surface area contributed by atoms with Gasteiger partial charge in [-0.2, -0.15) is 0 Å². The first-order valence-electron chi connectivity index (χ1n) is 6.14. The van der Waals surface area contributed by atoms with E-state index in [9.17, 15) is 4.79 Å². The van der Waals surface area contributed by atoms with E-state index in [0.717, 1.165) is 25.8 Å². The summed E-state index contributed by atoms with van der Waals surface area (Å²) in [6, 6.07) is 0.0666. The number of amides is 1. The normalized spacial score (nSPS) is 28.9. The maximum atomic E-state index is 12.0. The second kappa shape index (κ2) is 5.50. The summed E-state index contributed by atoms with van der Waals surface area (Å²) in [6.45, 7) is 7.31. The number of hydrogen-bond donors (Lipinski definition) is 1. The van der Waals surface area contributed by atoms with Crippen molar-refractivity contribution < 1.29 is 4.79 Å². The van der Waals surface area contributed by atoms with E-state index in [2.05, 4.69) is 20.8 Å². The maximum absolute atomic E-state index is 12.0. The van der Waals surface area contributed by atoms with Gasteiger partial charge in [-0.05, 0) is 32.1 Å². The van der Waals surface area contributed by atoms with Crippen LogP contribution in [-0.4, -0.2) is 29.4 Å². The van der Waals surface area contributed by atoms with Gasteiger partial charge in [-0.15, -0.1) is 0 Å². The van der Waals surface area contributed by atoms with Crippen molar-refractivity contribution in [3.05, 3.63) is 0 Å². The molecule has 1 fully saturated rings. The van der Waals surface area contributed by atoms with Gasteiger partial charge in [0.1, 0.15) is 0 Å². The molecule has 15 heavy (non-hydrogen) atoms. The standard InChI is InChI=1S/C12H24N2O/c1-4-6-11(13)12(15)14-8-5-7-9(2)10(14)3/h9-11H,4-8,13H2,1-3H3/t9?,10?,11-/m0/s1. The summed E-state index contributed by atoms with van der Waals surface area (Å²) < 4.78 is 0. The van der Waals surface area contributed by atoms with Gasteiger partial charge in [0.15, 0.2) is 0 Å². The number of likely N-dealkylation sites (tertiary alicyclic amines) is 1. The minimum atomic E-state index is -0.289. The molecule has 1 aliphatic heterocycles. The predicted molar refractivity (Wildman–Crippen MR) is 62.5 cm³/mol. The maximum Gasteiger partial charge on any atom is 0.239 e. The third kappa shape index (κ3) is 2.94. The molecule has 1 aliphatic rings. The van der Waals surface area contributed by atoms with Crippen molar-refractivity contribution in [2.24, 2.45) is 11.7 Å². The zero-order chi connectivity index (χ0) is 11.4. The molecule has 0 radical (unpaired) electrons. The van der Waals surface area contributed by atoms with Gasteiger partial charge in [0.05, 0.1) is 6.04 Å². The van der Waals surface area contributed by atoms with Gasteiger partial charge in [0, 0.05) is 12.6 Å². The SMILES string of the molecule is CCC[C@H](N)C(=O)N1CCCC(C)C1C. The van der Waals surface area contributed by atoms with Crippen molar-refractivity contribution in [2.75, 3.05) is 6.54 Å². The molecule has 0 aromatic carbocycles. The Kier molecular flexibility index (Phi) is 4.58. The van der Waals surface area contributed by atoms with Gasteiger partial charge in [-0.3, -0.25) is 4.79 Å². The summed E-state index contributed by atoms with van der Waals surface area (Å²) in [5.41, 5.74) is 5.88. The van der Waals surface area contributed by atoms with E-state index in [1.54, 1.807) is 0 Å². The van der Waals surface area contributed by atoms with E-state index in [-0.39, 0.29) is 11.9 Å². The van der Waals surface area contributed by atoms with E-state index in [1.807, 2.05) is 4.90 Å². The summed E-state index contributed by atoms with van der Waals surface area (Å²) in [7, 11) is 0. The van der Waals surface area contributed by atoms with E-state index in [1.165, 1.54) is 6.42 Å². The quantitative estimate of drug-likeness (QED) is 0.775. The molecule has 1 heterocycles. The minimum Gasteiger partial charge on any atom is -0.338 e. The highest BCUT2D eigenvalue weighted by Gasteiger charge is 2.30. The fraction of sp³-hybridized carbons (Fsp3) is 0.917. The Morgan fingerprint density at radius 1 is 1.53 bits per heavy atom. The smallest absolute Gasteiger partial charge is 0.239 e. The van der Waals surface area contributed by atoms with Crippen LogP contribution in [0.4, 0.5) is 0 Å². The average molecular weight is 212 g/mol. The van der Waals surface area contributed by atoms with Crippen molar-refractivity contribution >= 4 is 5.91 Å². The highest BCUT2D eigenvalue weighted by atomic mass is 16.2. The third-order valence-electron chi connectivity index (χ3n) is 3.57. The van der Waals surface area contributed by atoms with E-state index < -0.39 is 0 Å². The van der Waals surface area contributed by atoms with E-state index in [0.29, 0.717) is 12.0 Å². The van der Waals surface area contributed by atoms with Crippen LogP contribution in [0, 0.1) is 5.92 Å². The first-order valence-corrected chi connectivity index (χ1v) is 6.14. The Hall–Kier alpha value is -0.570. The third-order valence-corrected chi connectivity index (χ3v) is 3.57. The van der Waals surface area contributed by atoms with Gasteiger partial charge in [-0.1, -0.05) is 20.3 Å². The van der Waals surface area contributed by atoms with Gasteiger partial charge >= 0.3 is 0 Å². The molecule has 3 nitrogen and oxygen atoms in total. The molecule has 0 aromatic heterocycles. The number of hydrogen-bond acceptors (Lipinski definition) is 2. The molecule has 0 bridgehead atoms. The summed E-state index contributed by atoms with van der Waals surface area (Å²) in [6.07, 6.45) is 4.13. The molecule has 0 spiro atoms. The number of piperidine rings is 1. The van der Waals surface area contributed by atoms with E-state index >= 15 is 0 Å². The molecule has 88 valence electrons. The lowest BCUT2D eigenvalue weighted by atomic mass is 9.91. The van der Waals surface area contributed by atoms with Crippen LogP contribution in [0.25, 0.3) is 0 Å². The van der Waals surface area contributed by atoms with Gasteiger partial charge in [0.25, 0.3) is 0 Å². The molecule has 0 aliphatic carbocycles. The fourth-order valence-electron chi connectivity index (χ4n) is 2.29. The largest absolute Gasteiger partial charge is 0.338 e. The van der Waals surface area contributed by atoms with Gasteiger partial charge < -0.3 is 10.6 Å². The monoisotopic (exact) mass is 212 g/mol. The summed E-state index contributed by atoms with van der Waals surface area (Å²) in [5.74, 6) is 0.757. The Labute approximate surface area is 93.0 Å². The molecule has 0 saturated carbocycles. The Morgan fingerprint density at radius 2 is 2.20 bits per heavy atom. The lowest BCUT2D eigenvalue weighted by Crippen LogP contribution is -2.52. The number of rotatable bonds is 3. The fourth-order valence-corrected chi connectivity index (χ4v) is 2.29. The zero-order valence-corrected chi connectivity index (χ0v) is 10.2. The number of nitrogens with zero attached hydrogens (tertiary/aromatic N) is 1. The molecule has 2 unspecified atom stereocenters. The highest BCUT2D eigenvalue weighted by molar-refractivity contribution is 5.82. The predicted octanol–water partition coefficient (Wildman–Crippen LogP) is 1.76. The highest BCUT2D eigenvalue weighted by Crippen LogP contribution is 2.23. The zero-order valence-electron chi connectivity index (χ0n) is 10.2. The lowest BCUT2D eigenvalue weighted by Gasteiger charge is -2.39. The molecule has 3 heteroatoms. The molecular formula is C12H24N2O. The van der Waals surface area contributed by atoms with Crippen LogP contribution in [-0.2, 0) is 4.79 Å². The van der Waals surface area contributed by atoms with Gasteiger partial charge in [-0.25, -0.2) is 0 Å². The van der Waals surface area contributed by atoms with Crippen molar-refractivity contribution in [1.29, 1.82) is 0 Å². The van der Waals surface area contributed by atoms with Crippen molar-refractivity contribution in [3.63, 3.8) is 0 Å². The molecule has 0 aromatic rings. The summed E-state index contributed by atoms with van der Waals surface area (Å²) in [5, 5.41) is 0.